The Labute approximate surface area is 173 Å². The molecule has 30 heavy (non-hydrogen) atoms. The van der Waals surface area contributed by atoms with Gasteiger partial charge in [0, 0.05) is 11.8 Å². The summed E-state index contributed by atoms with van der Waals surface area (Å²) in [7, 11) is 1.30. The molecule has 1 atom stereocenters. The number of aromatic nitrogens is 2. The van der Waals surface area contributed by atoms with E-state index in [2.05, 4.69) is 5.10 Å². The summed E-state index contributed by atoms with van der Waals surface area (Å²) >= 11 is 0. The zero-order valence-corrected chi connectivity index (χ0v) is 17.2. The van der Waals surface area contributed by atoms with E-state index >= 15 is 0 Å². The van der Waals surface area contributed by atoms with Crippen molar-refractivity contribution in [2.45, 2.75) is 39.5 Å². The van der Waals surface area contributed by atoms with Crippen LogP contribution in [-0.4, -0.2) is 58.8 Å². The number of rotatable bonds is 4. The van der Waals surface area contributed by atoms with Gasteiger partial charge in [0.2, 0.25) is 0 Å². The predicted octanol–water partition coefficient (Wildman–Crippen LogP) is 2.96. The molecule has 10 heteroatoms. The lowest BCUT2D eigenvalue weighted by Crippen LogP contribution is -2.52. The Bertz CT molecular complexity index is 970. The summed E-state index contributed by atoms with van der Waals surface area (Å²) in [5.41, 5.74) is 2.40. The number of carboxylic acid groups (broad SMARTS) is 1. The summed E-state index contributed by atoms with van der Waals surface area (Å²) in [5, 5.41) is 13.0. The zero-order chi connectivity index (χ0) is 22.0. The molecule has 2 amide bonds. The molecule has 1 aromatic heterocycles. The molecule has 160 valence electrons. The second-order valence-corrected chi connectivity index (χ2v) is 7.26. The average molecular weight is 416 g/mol. The molecule has 2 aromatic rings. The standard InChI is InChI=1S/C20H24N4O6/c1-12(2)30-19(27)23-9-13(3)24(20(28)29-4)16-6-5-14(7-17(16)23)15-8-21-22(10-15)11-18(25)26/h5-8,10,12-13H,9,11H2,1-4H3,(H,25,26). The minimum atomic E-state index is -1.000. The number of aliphatic carboxylic acids is 1. The van der Waals surface area contributed by atoms with E-state index in [9.17, 15) is 14.4 Å². The number of carboxylic acids is 1. The van der Waals surface area contributed by atoms with Gasteiger partial charge in [0.15, 0.2) is 0 Å². The fourth-order valence-corrected chi connectivity index (χ4v) is 3.36. The molecule has 1 unspecified atom stereocenters. The number of ether oxygens (including phenoxy) is 2. The third-order valence-corrected chi connectivity index (χ3v) is 4.61. The Morgan fingerprint density at radius 3 is 2.57 bits per heavy atom. The van der Waals surface area contributed by atoms with Crippen LogP contribution in [-0.2, 0) is 20.8 Å². The van der Waals surface area contributed by atoms with Gasteiger partial charge in [-0.2, -0.15) is 5.10 Å². The van der Waals surface area contributed by atoms with E-state index in [0.29, 0.717) is 22.5 Å². The molecule has 1 aliphatic heterocycles. The van der Waals surface area contributed by atoms with Crippen LogP contribution in [0.25, 0.3) is 11.1 Å². The number of nitrogens with zero attached hydrogens (tertiary/aromatic N) is 4. The Hall–Kier alpha value is -3.56. The Kier molecular flexibility index (Phi) is 5.95. The van der Waals surface area contributed by atoms with E-state index in [1.807, 2.05) is 6.92 Å². The molecule has 2 heterocycles. The maximum absolute atomic E-state index is 12.7. The normalized spacial score (nSPS) is 15.7. The van der Waals surface area contributed by atoms with Crippen molar-refractivity contribution in [2.75, 3.05) is 23.5 Å². The van der Waals surface area contributed by atoms with E-state index in [1.165, 1.54) is 21.6 Å². The van der Waals surface area contributed by atoms with Crippen LogP contribution >= 0.6 is 0 Å². The first-order valence-electron chi connectivity index (χ1n) is 9.45. The Morgan fingerprint density at radius 2 is 1.93 bits per heavy atom. The molecule has 0 bridgehead atoms. The van der Waals surface area contributed by atoms with Gasteiger partial charge in [0.1, 0.15) is 6.54 Å². The third-order valence-electron chi connectivity index (χ3n) is 4.61. The number of carbonyl (C=O) groups is 3. The maximum Gasteiger partial charge on any atom is 0.414 e. The lowest BCUT2D eigenvalue weighted by molar-refractivity contribution is -0.137. The smallest absolute Gasteiger partial charge is 0.414 e. The van der Waals surface area contributed by atoms with Gasteiger partial charge in [-0.15, -0.1) is 0 Å². The zero-order valence-electron chi connectivity index (χ0n) is 17.2. The van der Waals surface area contributed by atoms with Crippen LogP contribution in [0.15, 0.2) is 30.6 Å². The molecule has 0 radical (unpaired) electrons. The molecule has 0 spiro atoms. The summed E-state index contributed by atoms with van der Waals surface area (Å²) in [5.74, 6) is -1.000. The van der Waals surface area contributed by atoms with Crippen LogP contribution in [0.3, 0.4) is 0 Å². The van der Waals surface area contributed by atoms with E-state index in [4.69, 9.17) is 14.6 Å². The Morgan fingerprint density at radius 1 is 1.20 bits per heavy atom. The molecule has 0 saturated carbocycles. The van der Waals surface area contributed by atoms with Crippen molar-refractivity contribution in [1.82, 2.24) is 9.78 Å². The lowest BCUT2D eigenvalue weighted by Gasteiger charge is -2.40. The topological polar surface area (TPSA) is 114 Å². The van der Waals surface area contributed by atoms with Crippen LogP contribution in [0.1, 0.15) is 20.8 Å². The fraction of sp³-hybridized carbons (Fsp3) is 0.400. The van der Waals surface area contributed by atoms with Gasteiger partial charge in [0.05, 0.1) is 43.4 Å². The number of carbonyl (C=O) groups excluding carboxylic acids is 2. The molecular formula is C20H24N4O6. The SMILES string of the molecule is COC(=O)N1c2ccc(-c3cnn(CC(=O)O)c3)cc2N(C(=O)OC(C)C)CC1C. The number of hydrogen-bond donors (Lipinski definition) is 1. The molecule has 1 N–H and O–H groups in total. The second kappa shape index (κ2) is 8.44. The van der Waals surface area contributed by atoms with Gasteiger partial charge in [-0.1, -0.05) is 6.07 Å². The summed E-state index contributed by atoms with van der Waals surface area (Å²) in [6.07, 6.45) is 1.82. The highest BCUT2D eigenvalue weighted by Crippen LogP contribution is 2.39. The Balaban J connectivity index is 2.05. The van der Waals surface area contributed by atoms with Crippen molar-refractivity contribution in [2.24, 2.45) is 0 Å². The van der Waals surface area contributed by atoms with Crippen molar-refractivity contribution in [3.05, 3.63) is 30.6 Å². The molecular weight excluding hydrogens is 392 g/mol. The highest BCUT2D eigenvalue weighted by atomic mass is 16.6. The molecule has 0 aliphatic carbocycles. The fourth-order valence-electron chi connectivity index (χ4n) is 3.36. The first-order chi connectivity index (χ1) is 14.2. The number of hydrogen-bond acceptors (Lipinski definition) is 6. The highest BCUT2D eigenvalue weighted by molar-refractivity contribution is 6.01. The van der Waals surface area contributed by atoms with E-state index < -0.39 is 18.2 Å². The third kappa shape index (κ3) is 4.22. The quantitative estimate of drug-likeness (QED) is 0.815. The highest BCUT2D eigenvalue weighted by Gasteiger charge is 2.36. The van der Waals surface area contributed by atoms with Gasteiger partial charge in [0.25, 0.3) is 0 Å². The van der Waals surface area contributed by atoms with Crippen LogP contribution in [0.5, 0.6) is 0 Å². The van der Waals surface area contributed by atoms with Gasteiger partial charge >= 0.3 is 18.2 Å². The number of fused-ring (bicyclic) bond motifs is 1. The van der Waals surface area contributed by atoms with E-state index in [-0.39, 0.29) is 25.2 Å². The predicted molar refractivity (Wildman–Crippen MR) is 109 cm³/mol. The summed E-state index contributed by atoms with van der Waals surface area (Å²) in [4.78, 5) is 39.0. The monoisotopic (exact) mass is 416 g/mol. The molecule has 1 aromatic carbocycles. The molecule has 3 rings (SSSR count). The number of methoxy groups -OCH3 is 1. The minimum absolute atomic E-state index is 0.232. The molecule has 0 fully saturated rings. The first kappa shape index (κ1) is 21.2. The minimum Gasteiger partial charge on any atom is -0.480 e. The van der Waals surface area contributed by atoms with Crippen molar-refractivity contribution in [3.63, 3.8) is 0 Å². The summed E-state index contributed by atoms with van der Waals surface area (Å²) in [6, 6.07) is 4.93. The van der Waals surface area contributed by atoms with Crippen molar-refractivity contribution in [3.8, 4) is 11.1 Å². The van der Waals surface area contributed by atoms with Crippen molar-refractivity contribution >= 4 is 29.5 Å². The van der Waals surface area contributed by atoms with Crippen LogP contribution in [0.4, 0.5) is 21.0 Å². The number of benzene rings is 1. The number of amides is 2. The van der Waals surface area contributed by atoms with E-state index in [0.717, 1.165) is 0 Å². The average Bonchev–Trinajstić information content (AvgIpc) is 3.13. The summed E-state index contributed by atoms with van der Waals surface area (Å²) < 4.78 is 11.6. The van der Waals surface area contributed by atoms with Crippen molar-refractivity contribution < 1.29 is 29.0 Å². The molecule has 1 aliphatic rings. The van der Waals surface area contributed by atoms with E-state index in [1.54, 1.807) is 44.4 Å². The van der Waals surface area contributed by atoms with Gasteiger partial charge in [-0.05, 0) is 38.5 Å². The van der Waals surface area contributed by atoms with Gasteiger partial charge in [-0.3, -0.25) is 19.3 Å². The largest absolute Gasteiger partial charge is 0.480 e. The lowest BCUT2D eigenvalue weighted by atomic mass is 10.0. The molecule has 10 nitrogen and oxygen atoms in total. The van der Waals surface area contributed by atoms with Crippen LogP contribution in [0.2, 0.25) is 0 Å². The number of anilines is 2. The summed E-state index contributed by atoms with van der Waals surface area (Å²) in [6.45, 7) is 5.32. The van der Waals surface area contributed by atoms with Gasteiger partial charge in [-0.25, -0.2) is 9.59 Å². The van der Waals surface area contributed by atoms with Crippen molar-refractivity contribution in [1.29, 1.82) is 0 Å². The molecule has 0 saturated heterocycles. The van der Waals surface area contributed by atoms with Gasteiger partial charge < -0.3 is 14.6 Å². The van der Waals surface area contributed by atoms with Crippen LogP contribution in [0, 0.1) is 0 Å². The van der Waals surface area contributed by atoms with Crippen LogP contribution < -0.4 is 9.80 Å². The maximum atomic E-state index is 12.7. The second-order valence-electron chi connectivity index (χ2n) is 7.26. The first-order valence-corrected chi connectivity index (χ1v) is 9.45.